The fraction of sp³-hybridized carbons (Fsp3) is 0.591. The Bertz CT molecular complexity index is 818. The van der Waals surface area contributed by atoms with Crippen LogP contribution in [0.2, 0.25) is 0 Å². The second kappa shape index (κ2) is 11.8. The van der Waals surface area contributed by atoms with Crippen LogP contribution in [0.5, 0.6) is 17.2 Å². The number of carbonyl (C=O) groups is 1. The number of nitrogens with zero attached hydrogens (tertiary/aromatic N) is 3. The zero-order valence-electron chi connectivity index (χ0n) is 19.4. The number of thioether (sulfide) groups is 1. The van der Waals surface area contributed by atoms with Crippen LogP contribution in [-0.2, 0) is 4.79 Å². The molecule has 2 rings (SSSR count). The third kappa shape index (κ3) is 6.53. The molecule has 0 spiro atoms. The van der Waals surface area contributed by atoms with Gasteiger partial charge in [0.05, 0.1) is 25.6 Å². The molecule has 0 radical (unpaired) electrons. The van der Waals surface area contributed by atoms with Crippen LogP contribution in [-0.4, -0.2) is 58.7 Å². The number of hydrogen-bond donors (Lipinski definition) is 0. The summed E-state index contributed by atoms with van der Waals surface area (Å²) in [6.07, 6.45) is 0. The first-order valence-corrected chi connectivity index (χ1v) is 11.6. The van der Waals surface area contributed by atoms with Crippen molar-refractivity contribution in [2.75, 3.05) is 25.6 Å². The average molecular weight is 452 g/mol. The van der Waals surface area contributed by atoms with E-state index in [1.165, 1.54) is 11.8 Å². The third-order valence-electron chi connectivity index (χ3n) is 4.28. The van der Waals surface area contributed by atoms with Crippen LogP contribution in [0.4, 0.5) is 0 Å². The molecule has 9 heteroatoms. The second-order valence-corrected chi connectivity index (χ2v) is 8.18. The molecule has 1 amide bonds. The highest BCUT2D eigenvalue weighted by Gasteiger charge is 2.22. The van der Waals surface area contributed by atoms with E-state index in [9.17, 15) is 4.79 Å². The van der Waals surface area contributed by atoms with Crippen LogP contribution < -0.4 is 14.2 Å². The summed E-state index contributed by atoms with van der Waals surface area (Å²) in [6, 6.07) is 3.85. The lowest BCUT2D eigenvalue weighted by Crippen LogP contribution is -2.43. The fourth-order valence-corrected chi connectivity index (χ4v) is 3.90. The van der Waals surface area contributed by atoms with E-state index in [0.29, 0.717) is 53.7 Å². The van der Waals surface area contributed by atoms with Gasteiger partial charge >= 0.3 is 0 Å². The maximum atomic E-state index is 12.6. The number of ether oxygens (including phenoxy) is 3. The van der Waals surface area contributed by atoms with Gasteiger partial charge in [-0.2, -0.15) is 0 Å². The minimum Gasteiger partial charge on any atom is -0.490 e. The van der Waals surface area contributed by atoms with Crippen molar-refractivity contribution in [2.45, 2.75) is 65.8 Å². The molecule has 1 aromatic heterocycles. The lowest BCUT2D eigenvalue weighted by molar-refractivity contribution is -0.131. The van der Waals surface area contributed by atoms with E-state index >= 15 is 0 Å². The van der Waals surface area contributed by atoms with Crippen LogP contribution in [0.1, 0.15) is 48.5 Å². The maximum absolute atomic E-state index is 12.6. The highest BCUT2D eigenvalue weighted by Crippen LogP contribution is 2.42. The number of aromatic nitrogens is 2. The van der Waals surface area contributed by atoms with E-state index in [1.54, 1.807) is 12.1 Å². The zero-order chi connectivity index (χ0) is 23.0. The van der Waals surface area contributed by atoms with Crippen LogP contribution in [0, 0.1) is 0 Å². The van der Waals surface area contributed by atoms with E-state index in [0.717, 1.165) is 0 Å². The number of amides is 1. The predicted octanol–water partition coefficient (Wildman–Crippen LogP) is 4.67. The van der Waals surface area contributed by atoms with E-state index in [2.05, 4.69) is 10.2 Å². The Morgan fingerprint density at radius 1 is 0.968 bits per heavy atom. The van der Waals surface area contributed by atoms with Crippen LogP contribution in [0.3, 0.4) is 0 Å². The Morgan fingerprint density at radius 2 is 1.52 bits per heavy atom. The van der Waals surface area contributed by atoms with Crippen molar-refractivity contribution in [3.05, 3.63) is 12.1 Å². The van der Waals surface area contributed by atoms with E-state index < -0.39 is 0 Å². The summed E-state index contributed by atoms with van der Waals surface area (Å²) >= 11 is 1.23. The van der Waals surface area contributed by atoms with Gasteiger partial charge in [0.1, 0.15) is 0 Å². The third-order valence-corrected chi connectivity index (χ3v) is 5.09. The lowest BCUT2D eigenvalue weighted by Gasteiger charge is -2.30. The average Bonchev–Trinajstić information content (AvgIpc) is 3.17. The Hall–Kier alpha value is -2.42. The van der Waals surface area contributed by atoms with Gasteiger partial charge in [-0.3, -0.25) is 4.79 Å². The molecule has 0 saturated carbocycles. The van der Waals surface area contributed by atoms with Gasteiger partial charge in [0.15, 0.2) is 11.5 Å². The highest BCUT2D eigenvalue weighted by molar-refractivity contribution is 7.99. The Balaban J connectivity index is 2.24. The number of rotatable bonds is 12. The Kier molecular flexibility index (Phi) is 9.48. The summed E-state index contributed by atoms with van der Waals surface area (Å²) in [4.78, 5) is 14.4. The maximum Gasteiger partial charge on any atom is 0.277 e. The molecule has 1 aromatic carbocycles. The zero-order valence-corrected chi connectivity index (χ0v) is 20.2. The van der Waals surface area contributed by atoms with Crippen molar-refractivity contribution in [2.24, 2.45) is 0 Å². The summed E-state index contributed by atoms with van der Waals surface area (Å²) in [5.41, 5.74) is 0.659. The summed E-state index contributed by atoms with van der Waals surface area (Å²) in [5, 5.41) is 8.56. The molecule has 0 saturated heterocycles. The first kappa shape index (κ1) is 24.8. The van der Waals surface area contributed by atoms with Gasteiger partial charge in [0.25, 0.3) is 5.22 Å². The van der Waals surface area contributed by atoms with Gasteiger partial charge in [-0.15, -0.1) is 10.2 Å². The number of benzene rings is 1. The minimum atomic E-state index is 0.0353. The molecule has 31 heavy (non-hydrogen) atoms. The van der Waals surface area contributed by atoms with Crippen LogP contribution >= 0.6 is 11.8 Å². The number of hydrogen-bond acceptors (Lipinski definition) is 8. The quantitative estimate of drug-likeness (QED) is 0.430. The molecule has 1 heterocycles. The van der Waals surface area contributed by atoms with Gasteiger partial charge in [0, 0.05) is 17.6 Å². The molecule has 172 valence electrons. The van der Waals surface area contributed by atoms with Gasteiger partial charge in [-0.25, -0.2) is 0 Å². The first-order chi connectivity index (χ1) is 14.8. The normalized spacial score (nSPS) is 11.1. The van der Waals surface area contributed by atoms with Gasteiger partial charge < -0.3 is 23.5 Å². The van der Waals surface area contributed by atoms with Crippen LogP contribution in [0.15, 0.2) is 21.8 Å². The molecular weight excluding hydrogens is 418 g/mol. The van der Waals surface area contributed by atoms with Gasteiger partial charge in [-0.05, 0) is 60.6 Å². The van der Waals surface area contributed by atoms with Crippen molar-refractivity contribution in [1.82, 2.24) is 15.1 Å². The molecular formula is C22H33N3O5S. The molecule has 0 unspecified atom stereocenters. The Morgan fingerprint density at radius 3 is 2.00 bits per heavy atom. The van der Waals surface area contributed by atoms with Gasteiger partial charge in [-0.1, -0.05) is 11.8 Å². The van der Waals surface area contributed by atoms with Crippen molar-refractivity contribution >= 4 is 17.7 Å². The smallest absolute Gasteiger partial charge is 0.277 e. The monoisotopic (exact) mass is 451 g/mol. The fourth-order valence-electron chi connectivity index (χ4n) is 3.27. The summed E-state index contributed by atoms with van der Waals surface area (Å²) in [6.45, 7) is 15.2. The largest absolute Gasteiger partial charge is 0.490 e. The van der Waals surface area contributed by atoms with Crippen molar-refractivity contribution in [1.29, 1.82) is 0 Å². The van der Waals surface area contributed by atoms with Gasteiger partial charge in [0.2, 0.25) is 17.5 Å². The van der Waals surface area contributed by atoms with Crippen molar-refractivity contribution in [3.8, 4) is 28.7 Å². The topological polar surface area (TPSA) is 86.9 Å². The summed E-state index contributed by atoms with van der Waals surface area (Å²) in [7, 11) is 0. The van der Waals surface area contributed by atoms with Crippen LogP contribution in [0.25, 0.3) is 11.5 Å². The second-order valence-electron chi connectivity index (χ2n) is 7.25. The molecule has 0 N–H and O–H groups in total. The molecule has 0 atom stereocenters. The highest BCUT2D eigenvalue weighted by atomic mass is 32.2. The molecule has 0 bridgehead atoms. The summed E-state index contributed by atoms with van der Waals surface area (Å²) < 4.78 is 23.0. The standard InChI is InChI=1S/C22H33N3O5S/c1-8-27-17-11-16(12-18(28-9-2)20(17)29-10-3)21-23-24-22(30-21)31-13-19(26)25(14(4)5)15(6)7/h11-12,14-15H,8-10,13H2,1-7H3. The molecule has 0 fully saturated rings. The van der Waals surface area contributed by atoms with Crippen molar-refractivity contribution in [3.63, 3.8) is 0 Å². The molecule has 8 nitrogen and oxygen atoms in total. The molecule has 0 aliphatic heterocycles. The first-order valence-electron chi connectivity index (χ1n) is 10.7. The minimum absolute atomic E-state index is 0.0353. The van der Waals surface area contributed by atoms with E-state index in [-0.39, 0.29) is 23.7 Å². The molecule has 0 aliphatic carbocycles. The lowest BCUT2D eigenvalue weighted by atomic mass is 10.2. The predicted molar refractivity (Wildman–Crippen MR) is 121 cm³/mol. The SMILES string of the molecule is CCOc1cc(-c2nnc(SCC(=O)N(C(C)C)C(C)C)o2)cc(OCC)c1OCC. The summed E-state index contributed by atoms with van der Waals surface area (Å²) in [5.74, 6) is 2.25. The number of carbonyl (C=O) groups excluding carboxylic acids is 1. The Labute approximate surface area is 188 Å². The van der Waals surface area contributed by atoms with Crippen molar-refractivity contribution < 1.29 is 23.4 Å². The molecule has 0 aliphatic rings. The van der Waals surface area contributed by atoms with E-state index in [4.69, 9.17) is 18.6 Å². The molecule has 2 aromatic rings. The van der Waals surface area contributed by atoms with E-state index in [1.807, 2.05) is 53.4 Å².